The second-order valence-electron chi connectivity index (χ2n) is 4.13. The SMILES string of the molecule is CNC1(Cc2cccc([N+](=O)[O-])c2)CC1. The quantitative estimate of drug-likeness (QED) is 0.604. The molecule has 80 valence electrons. The zero-order valence-corrected chi connectivity index (χ0v) is 8.69. The molecule has 0 aliphatic heterocycles. The number of nitro benzene ring substituents is 1. The van der Waals surface area contributed by atoms with E-state index < -0.39 is 0 Å². The number of non-ortho nitro benzene ring substituents is 1. The number of benzene rings is 1. The van der Waals surface area contributed by atoms with E-state index in [9.17, 15) is 10.1 Å². The molecule has 0 heterocycles. The predicted octanol–water partition coefficient (Wildman–Crippen LogP) is 1.89. The first kappa shape index (κ1) is 10.1. The first-order valence-electron chi connectivity index (χ1n) is 5.07. The third-order valence-electron chi connectivity index (χ3n) is 3.05. The van der Waals surface area contributed by atoms with Crippen LogP contribution < -0.4 is 5.32 Å². The number of nitrogens with zero attached hydrogens (tertiary/aromatic N) is 1. The predicted molar refractivity (Wildman–Crippen MR) is 57.8 cm³/mol. The van der Waals surface area contributed by atoms with Crippen molar-refractivity contribution in [2.24, 2.45) is 0 Å². The number of hydrogen-bond donors (Lipinski definition) is 1. The number of nitro groups is 1. The largest absolute Gasteiger partial charge is 0.314 e. The highest BCUT2D eigenvalue weighted by Gasteiger charge is 2.40. The summed E-state index contributed by atoms with van der Waals surface area (Å²) in [6.07, 6.45) is 3.20. The standard InChI is InChI=1S/C11H14N2O2/c1-12-11(5-6-11)8-9-3-2-4-10(7-9)13(14)15/h2-4,7,12H,5-6,8H2,1H3. The fraction of sp³-hybridized carbons (Fsp3) is 0.455. The first-order chi connectivity index (χ1) is 7.15. The molecule has 15 heavy (non-hydrogen) atoms. The van der Waals surface area contributed by atoms with Crippen LogP contribution in [0.4, 0.5) is 5.69 Å². The van der Waals surface area contributed by atoms with Crippen molar-refractivity contribution in [1.29, 1.82) is 0 Å². The molecule has 0 aromatic heterocycles. The lowest BCUT2D eigenvalue weighted by Crippen LogP contribution is -2.29. The lowest BCUT2D eigenvalue weighted by atomic mass is 10.0. The molecule has 0 radical (unpaired) electrons. The Morgan fingerprint density at radius 3 is 2.80 bits per heavy atom. The molecule has 0 saturated heterocycles. The third kappa shape index (κ3) is 2.15. The molecule has 4 nitrogen and oxygen atoms in total. The molecule has 1 saturated carbocycles. The molecule has 1 fully saturated rings. The van der Waals surface area contributed by atoms with Gasteiger partial charge in [0.05, 0.1) is 4.92 Å². The van der Waals surface area contributed by atoms with Crippen LogP contribution in [-0.4, -0.2) is 17.5 Å². The van der Waals surface area contributed by atoms with Gasteiger partial charge < -0.3 is 5.32 Å². The molecule has 1 aromatic carbocycles. The van der Waals surface area contributed by atoms with Gasteiger partial charge in [-0.25, -0.2) is 0 Å². The number of hydrogen-bond acceptors (Lipinski definition) is 3. The summed E-state index contributed by atoms with van der Waals surface area (Å²) in [6.45, 7) is 0. The van der Waals surface area contributed by atoms with E-state index in [0.29, 0.717) is 0 Å². The molecular formula is C11H14N2O2. The van der Waals surface area contributed by atoms with Crippen molar-refractivity contribution in [2.75, 3.05) is 7.05 Å². The van der Waals surface area contributed by atoms with Crippen LogP contribution in [0.1, 0.15) is 18.4 Å². The van der Waals surface area contributed by atoms with Crippen molar-refractivity contribution in [1.82, 2.24) is 5.32 Å². The summed E-state index contributed by atoms with van der Waals surface area (Å²) in [5.74, 6) is 0. The third-order valence-corrected chi connectivity index (χ3v) is 3.05. The molecule has 0 amide bonds. The molecule has 4 heteroatoms. The van der Waals surface area contributed by atoms with E-state index in [-0.39, 0.29) is 16.1 Å². The van der Waals surface area contributed by atoms with Crippen molar-refractivity contribution in [3.05, 3.63) is 39.9 Å². The van der Waals surface area contributed by atoms with Gasteiger partial charge in [0.2, 0.25) is 0 Å². The molecule has 0 bridgehead atoms. The van der Waals surface area contributed by atoms with Crippen molar-refractivity contribution in [2.45, 2.75) is 24.8 Å². The van der Waals surface area contributed by atoms with E-state index in [2.05, 4.69) is 5.32 Å². The monoisotopic (exact) mass is 206 g/mol. The first-order valence-corrected chi connectivity index (χ1v) is 5.07. The second-order valence-corrected chi connectivity index (χ2v) is 4.13. The highest BCUT2D eigenvalue weighted by Crippen LogP contribution is 2.38. The molecule has 0 atom stereocenters. The van der Waals surface area contributed by atoms with Crippen LogP contribution in [0.5, 0.6) is 0 Å². The van der Waals surface area contributed by atoms with E-state index in [0.717, 1.165) is 24.8 Å². The Bertz CT molecular complexity index is 386. The maximum atomic E-state index is 10.6. The Kier molecular flexibility index (Phi) is 2.44. The van der Waals surface area contributed by atoms with E-state index in [1.807, 2.05) is 13.1 Å². The van der Waals surface area contributed by atoms with Gasteiger partial charge in [0.15, 0.2) is 0 Å². The fourth-order valence-electron chi connectivity index (χ4n) is 1.84. The molecule has 2 rings (SSSR count). The maximum Gasteiger partial charge on any atom is 0.269 e. The van der Waals surface area contributed by atoms with Crippen LogP contribution in [0.3, 0.4) is 0 Å². The molecule has 1 aromatic rings. The molecule has 1 aliphatic carbocycles. The Labute approximate surface area is 88.5 Å². The van der Waals surface area contributed by atoms with Gasteiger partial charge >= 0.3 is 0 Å². The summed E-state index contributed by atoms with van der Waals surface area (Å²) >= 11 is 0. The summed E-state index contributed by atoms with van der Waals surface area (Å²) in [7, 11) is 1.95. The van der Waals surface area contributed by atoms with Gasteiger partial charge in [-0.15, -0.1) is 0 Å². The van der Waals surface area contributed by atoms with Crippen molar-refractivity contribution >= 4 is 5.69 Å². The smallest absolute Gasteiger partial charge is 0.269 e. The van der Waals surface area contributed by atoms with Gasteiger partial charge in [-0.2, -0.15) is 0 Å². The summed E-state index contributed by atoms with van der Waals surface area (Å²) in [6, 6.07) is 6.89. The van der Waals surface area contributed by atoms with Crippen LogP contribution >= 0.6 is 0 Å². The topological polar surface area (TPSA) is 55.2 Å². The highest BCUT2D eigenvalue weighted by molar-refractivity contribution is 5.35. The average molecular weight is 206 g/mol. The van der Waals surface area contributed by atoms with Gasteiger partial charge in [0, 0.05) is 17.7 Å². The molecule has 0 spiro atoms. The van der Waals surface area contributed by atoms with E-state index in [4.69, 9.17) is 0 Å². The Hall–Kier alpha value is -1.42. The number of rotatable bonds is 4. The van der Waals surface area contributed by atoms with Crippen molar-refractivity contribution in [3.8, 4) is 0 Å². The molecule has 1 N–H and O–H groups in total. The van der Waals surface area contributed by atoms with E-state index >= 15 is 0 Å². The number of nitrogens with one attached hydrogen (secondary N) is 1. The van der Waals surface area contributed by atoms with Crippen molar-refractivity contribution < 1.29 is 4.92 Å². The maximum absolute atomic E-state index is 10.6. The lowest BCUT2D eigenvalue weighted by molar-refractivity contribution is -0.384. The zero-order chi connectivity index (χ0) is 10.9. The summed E-state index contributed by atoms with van der Waals surface area (Å²) in [4.78, 5) is 10.2. The minimum absolute atomic E-state index is 0.180. The number of likely N-dealkylation sites (N-methyl/N-ethyl adjacent to an activating group) is 1. The second kappa shape index (κ2) is 3.62. The van der Waals surface area contributed by atoms with Crippen LogP contribution in [0.25, 0.3) is 0 Å². The van der Waals surface area contributed by atoms with Crippen molar-refractivity contribution in [3.63, 3.8) is 0 Å². The average Bonchev–Trinajstić information content (AvgIpc) is 2.99. The van der Waals surface area contributed by atoms with Gasteiger partial charge in [0.1, 0.15) is 0 Å². The Balaban J connectivity index is 2.15. The van der Waals surface area contributed by atoms with E-state index in [1.54, 1.807) is 12.1 Å². The summed E-state index contributed by atoms with van der Waals surface area (Å²) < 4.78 is 0. The van der Waals surface area contributed by atoms with Crippen LogP contribution in [0.2, 0.25) is 0 Å². The van der Waals surface area contributed by atoms with Gasteiger partial charge in [0.25, 0.3) is 5.69 Å². The normalized spacial score (nSPS) is 17.4. The van der Waals surface area contributed by atoms with Crippen LogP contribution in [0, 0.1) is 10.1 Å². The molecule has 1 aliphatic rings. The minimum Gasteiger partial charge on any atom is -0.314 e. The van der Waals surface area contributed by atoms with E-state index in [1.165, 1.54) is 6.07 Å². The molecular weight excluding hydrogens is 192 g/mol. The summed E-state index contributed by atoms with van der Waals surface area (Å²) in [5, 5.41) is 13.9. The molecule has 0 unspecified atom stereocenters. The zero-order valence-electron chi connectivity index (χ0n) is 8.69. The minimum atomic E-state index is -0.345. The Morgan fingerprint density at radius 2 is 2.27 bits per heavy atom. The Morgan fingerprint density at radius 1 is 1.53 bits per heavy atom. The highest BCUT2D eigenvalue weighted by atomic mass is 16.6. The van der Waals surface area contributed by atoms with Gasteiger partial charge in [-0.3, -0.25) is 10.1 Å². The lowest BCUT2D eigenvalue weighted by Gasteiger charge is -2.13. The van der Waals surface area contributed by atoms with Gasteiger partial charge in [-0.05, 0) is 31.9 Å². The fourth-order valence-corrected chi connectivity index (χ4v) is 1.84. The van der Waals surface area contributed by atoms with Gasteiger partial charge in [-0.1, -0.05) is 12.1 Å². The summed E-state index contributed by atoms with van der Waals surface area (Å²) in [5.41, 5.74) is 1.42. The van der Waals surface area contributed by atoms with Crippen LogP contribution in [-0.2, 0) is 6.42 Å². The van der Waals surface area contributed by atoms with Crippen LogP contribution in [0.15, 0.2) is 24.3 Å².